The van der Waals surface area contributed by atoms with Crippen molar-refractivity contribution in [3.63, 3.8) is 0 Å². The third-order valence-corrected chi connectivity index (χ3v) is 4.63. The van der Waals surface area contributed by atoms with Crippen molar-refractivity contribution in [3.8, 4) is 0 Å². The van der Waals surface area contributed by atoms with Crippen LogP contribution in [0, 0.1) is 0 Å². The Morgan fingerprint density at radius 2 is 1.82 bits per heavy atom. The molecule has 4 heteroatoms. The first-order valence-corrected chi connectivity index (χ1v) is 7.52. The lowest BCUT2D eigenvalue weighted by atomic mass is 10.2. The molecule has 0 spiro atoms. The van der Waals surface area contributed by atoms with E-state index in [2.05, 4.69) is 50.1 Å². The SMILES string of the molecule is NCc1c(Br)cccc1Sc1cccc(Br)c1. The van der Waals surface area contributed by atoms with E-state index in [0.717, 1.165) is 14.5 Å². The zero-order valence-electron chi connectivity index (χ0n) is 8.99. The van der Waals surface area contributed by atoms with Gasteiger partial charge in [0.15, 0.2) is 0 Å². The molecule has 0 fully saturated rings. The van der Waals surface area contributed by atoms with E-state index in [4.69, 9.17) is 5.73 Å². The van der Waals surface area contributed by atoms with E-state index in [-0.39, 0.29) is 0 Å². The van der Waals surface area contributed by atoms with E-state index in [9.17, 15) is 0 Å². The molecule has 0 unspecified atom stereocenters. The Labute approximate surface area is 122 Å². The molecule has 2 aromatic carbocycles. The molecule has 0 aromatic heterocycles. The highest BCUT2D eigenvalue weighted by Gasteiger charge is 2.06. The number of benzene rings is 2. The molecule has 0 aliphatic rings. The molecule has 1 nitrogen and oxygen atoms in total. The molecule has 17 heavy (non-hydrogen) atoms. The van der Waals surface area contributed by atoms with Gasteiger partial charge in [0.25, 0.3) is 0 Å². The standard InChI is InChI=1S/C13H11Br2NS/c14-9-3-1-4-10(7-9)17-13-6-2-5-12(15)11(13)8-16/h1-7H,8,16H2. The molecule has 2 N–H and O–H groups in total. The lowest BCUT2D eigenvalue weighted by Crippen LogP contribution is -1.99. The molecule has 0 saturated heterocycles. The molecule has 0 radical (unpaired) electrons. The van der Waals surface area contributed by atoms with Gasteiger partial charge in [-0.2, -0.15) is 0 Å². The molecule has 88 valence electrons. The Hall–Kier alpha value is -0.290. The summed E-state index contributed by atoms with van der Waals surface area (Å²) in [4.78, 5) is 2.40. The van der Waals surface area contributed by atoms with Gasteiger partial charge in [0.2, 0.25) is 0 Å². The smallest absolute Gasteiger partial charge is 0.0231 e. The van der Waals surface area contributed by atoms with Gasteiger partial charge in [-0.05, 0) is 35.9 Å². The second-order valence-electron chi connectivity index (χ2n) is 3.48. The van der Waals surface area contributed by atoms with Gasteiger partial charge in [-0.1, -0.05) is 55.8 Å². The van der Waals surface area contributed by atoms with Gasteiger partial charge in [-0.25, -0.2) is 0 Å². The number of nitrogens with two attached hydrogens (primary N) is 1. The third kappa shape index (κ3) is 3.35. The molecule has 0 atom stereocenters. The molecule has 0 aliphatic carbocycles. The molecule has 0 heterocycles. The molecular formula is C13H11Br2NS. The lowest BCUT2D eigenvalue weighted by molar-refractivity contribution is 1.02. The Morgan fingerprint density at radius 3 is 2.53 bits per heavy atom. The maximum Gasteiger partial charge on any atom is 0.0231 e. The van der Waals surface area contributed by atoms with E-state index >= 15 is 0 Å². The average molecular weight is 373 g/mol. The summed E-state index contributed by atoms with van der Waals surface area (Å²) < 4.78 is 2.16. The number of rotatable bonds is 3. The minimum atomic E-state index is 0.539. The minimum absolute atomic E-state index is 0.539. The summed E-state index contributed by atoms with van der Waals surface area (Å²) in [6.45, 7) is 0.539. The van der Waals surface area contributed by atoms with Gasteiger partial charge in [0, 0.05) is 25.3 Å². The first kappa shape index (κ1) is 13.1. The summed E-state index contributed by atoms with van der Waals surface area (Å²) in [5, 5.41) is 0. The van der Waals surface area contributed by atoms with E-state index in [1.54, 1.807) is 11.8 Å². The fourth-order valence-electron chi connectivity index (χ4n) is 1.49. The van der Waals surface area contributed by atoms with Crippen LogP contribution in [0.15, 0.2) is 61.2 Å². The van der Waals surface area contributed by atoms with Crippen LogP contribution in [-0.4, -0.2) is 0 Å². The number of hydrogen-bond acceptors (Lipinski definition) is 2. The second-order valence-corrected chi connectivity index (χ2v) is 6.37. The van der Waals surface area contributed by atoms with Crippen LogP contribution >= 0.6 is 43.6 Å². The zero-order valence-corrected chi connectivity index (χ0v) is 13.0. The molecular weight excluding hydrogens is 362 g/mol. The van der Waals surface area contributed by atoms with E-state index in [1.807, 2.05) is 24.3 Å². The highest BCUT2D eigenvalue weighted by atomic mass is 79.9. The first-order valence-electron chi connectivity index (χ1n) is 5.11. The van der Waals surface area contributed by atoms with Gasteiger partial charge in [0.05, 0.1) is 0 Å². The zero-order chi connectivity index (χ0) is 12.3. The quantitative estimate of drug-likeness (QED) is 0.835. The first-order chi connectivity index (χ1) is 8.20. The van der Waals surface area contributed by atoms with Gasteiger partial charge in [-0.3, -0.25) is 0 Å². The van der Waals surface area contributed by atoms with Crippen molar-refractivity contribution in [2.45, 2.75) is 16.3 Å². The Balaban J connectivity index is 2.33. The highest BCUT2D eigenvalue weighted by Crippen LogP contribution is 2.34. The number of hydrogen-bond donors (Lipinski definition) is 1. The maximum atomic E-state index is 5.78. The number of halogens is 2. The predicted molar refractivity (Wildman–Crippen MR) is 80.3 cm³/mol. The van der Waals surface area contributed by atoms with Crippen LogP contribution in [0.4, 0.5) is 0 Å². The monoisotopic (exact) mass is 371 g/mol. The molecule has 2 aromatic rings. The second kappa shape index (κ2) is 6.05. The van der Waals surface area contributed by atoms with E-state index in [1.165, 1.54) is 9.79 Å². The van der Waals surface area contributed by atoms with Crippen LogP contribution in [0.5, 0.6) is 0 Å². The van der Waals surface area contributed by atoms with Crippen LogP contribution < -0.4 is 5.73 Å². The summed E-state index contributed by atoms with van der Waals surface area (Å²) in [6.07, 6.45) is 0. The van der Waals surface area contributed by atoms with Gasteiger partial charge in [-0.15, -0.1) is 0 Å². The molecule has 0 saturated carbocycles. The average Bonchev–Trinajstić information content (AvgIpc) is 2.29. The lowest BCUT2D eigenvalue weighted by Gasteiger charge is -2.09. The Morgan fingerprint density at radius 1 is 1.06 bits per heavy atom. The largest absolute Gasteiger partial charge is 0.326 e. The topological polar surface area (TPSA) is 26.0 Å². The summed E-state index contributed by atoms with van der Waals surface area (Å²) in [5.41, 5.74) is 6.93. The fourth-order valence-corrected chi connectivity index (χ4v) is 3.75. The summed E-state index contributed by atoms with van der Waals surface area (Å²) in [7, 11) is 0. The fraction of sp³-hybridized carbons (Fsp3) is 0.0769. The maximum absolute atomic E-state index is 5.78. The van der Waals surface area contributed by atoms with Crippen LogP contribution in [0.1, 0.15) is 5.56 Å². The summed E-state index contributed by atoms with van der Waals surface area (Å²) >= 11 is 8.74. The van der Waals surface area contributed by atoms with Gasteiger partial charge < -0.3 is 5.73 Å². The van der Waals surface area contributed by atoms with Crippen LogP contribution in [-0.2, 0) is 6.54 Å². The minimum Gasteiger partial charge on any atom is -0.326 e. The van der Waals surface area contributed by atoms with Crippen molar-refractivity contribution in [2.24, 2.45) is 5.73 Å². The normalized spacial score (nSPS) is 10.5. The van der Waals surface area contributed by atoms with E-state index in [0.29, 0.717) is 6.54 Å². The van der Waals surface area contributed by atoms with Crippen molar-refractivity contribution >= 4 is 43.6 Å². The van der Waals surface area contributed by atoms with Crippen molar-refractivity contribution in [3.05, 3.63) is 57.0 Å². The Bertz CT molecular complexity index is 529. The molecule has 2 rings (SSSR count). The van der Waals surface area contributed by atoms with Crippen LogP contribution in [0.3, 0.4) is 0 Å². The van der Waals surface area contributed by atoms with Crippen molar-refractivity contribution < 1.29 is 0 Å². The van der Waals surface area contributed by atoms with Crippen LogP contribution in [0.2, 0.25) is 0 Å². The van der Waals surface area contributed by atoms with E-state index < -0.39 is 0 Å². The van der Waals surface area contributed by atoms with Crippen LogP contribution in [0.25, 0.3) is 0 Å². The summed E-state index contributed by atoms with van der Waals surface area (Å²) in [5.74, 6) is 0. The molecule has 0 amide bonds. The molecule has 0 bridgehead atoms. The molecule has 0 aliphatic heterocycles. The highest BCUT2D eigenvalue weighted by molar-refractivity contribution is 9.10. The van der Waals surface area contributed by atoms with Gasteiger partial charge in [0.1, 0.15) is 0 Å². The third-order valence-electron chi connectivity index (χ3n) is 2.30. The van der Waals surface area contributed by atoms with Crippen molar-refractivity contribution in [2.75, 3.05) is 0 Å². The van der Waals surface area contributed by atoms with Crippen molar-refractivity contribution in [1.82, 2.24) is 0 Å². The Kier molecular flexibility index (Phi) is 4.68. The van der Waals surface area contributed by atoms with Crippen molar-refractivity contribution in [1.29, 1.82) is 0 Å². The predicted octanol–water partition coefficient (Wildman–Crippen LogP) is 4.82. The summed E-state index contributed by atoms with van der Waals surface area (Å²) in [6, 6.07) is 14.4. The van der Waals surface area contributed by atoms with Gasteiger partial charge >= 0.3 is 0 Å².